The zero-order chi connectivity index (χ0) is 21.8. The lowest BCUT2D eigenvalue weighted by Crippen LogP contribution is -2.20. The minimum Gasteiger partial charge on any atom is -0.383 e. The molecule has 0 saturated carbocycles. The van der Waals surface area contributed by atoms with Crippen molar-refractivity contribution in [3.8, 4) is 22.8 Å². The Hall–Kier alpha value is -4.14. The highest BCUT2D eigenvalue weighted by Crippen LogP contribution is 2.33. The second-order valence-electron chi connectivity index (χ2n) is 6.90. The average Bonchev–Trinajstić information content (AvgIpc) is 3.39. The summed E-state index contributed by atoms with van der Waals surface area (Å²) >= 11 is 0. The van der Waals surface area contributed by atoms with Crippen molar-refractivity contribution >= 4 is 23.2 Å². The van der Waals surface area contributed by atoms with Gasteiger partial charge in [0.2, 0.25) is 11.7 Å². The largest absolute Gasteiger partial charge is 0.383 e. The maximum absolute atomic E-state index is 12.5. The van der Waals surface area contributed by atoms with E-state index in [1.165, 1.54) is 10.2 Å². The van der Waals surface area contributed by atoms with Crippen molar-refractivity contribution in [2.24, 2.45) is 0 Å². The Morgan fingerprint density at radius 1 is 1.13 bits per heavy atom. The van der Waals surface area contributed by atoms with Crippen molar-refractivity contribution in [3.05, 3.63) is 60.2 Å². The van der Waals surface area contributed by atoms with Crippen molar-refractivity contribution in [2.75, 3.05) is 23.4 Å². The molecule has 0 bridgehead atoms. The smallest absolute Gasteiger partial charge is 0.265 e. The lowest BCUT2D eigenvalue weighted by Gasteiger charge is -2.07. The molecule has 0 atom stereocenters. The van der Waals surface area contributed by atoms with Crippen LogP contribution in [-0.4, -0.2) is 32.9 Å². The van der Waals surface area contributed by atoms with Crippen LogP contribution in [0.2, 0.25) is 0 Å². The number of aryl methyl sites for hydroxylation is 1. The molecule has 2 heterocycles. The second-order valence-corrected chi connectivity index (χ2v) is 6.90. The van der Waals surface area contributed by atoms with Gasteiger partial charge in [0, 0.05) is 18.3 Å². The van der Waals surface area contributed by atoms with Crippen LogP contribution in [0.3, 0.4) is 0 Å². The van der Waals surface area contributed by atoms with Crippen LogP contribution in [0.1, 0.15) is 12.5 Å². The SMILES string of the molecule is CCc1ccc(NC(=O)Cn2nc(NC)c(-c3nc(-c4ccccc4)no3)c2N)cc1. The predicted octanol–water partition coefficient (Wildman–Crippen LogP) is 3.43. The van der Waals surface area contributed by atoms with E-state index in [1.54, 1.807) is 7.05 Å². The first-order chi connectivity index (χ1) is 15.1. The summed E-state index contributed by atoms with van der Waals surface area (Å²) in [6.45, 7) is 2.02. The first-order valence-corrected chi connectivity index (χ1v) is 9.91. The van der Waals surface area contributed by atoms with Gasteiger partial charge in [-0.15, -0.1) is 0 Å². The molecule has 9 nitrogen and oxygen atoms in total. The minimum atomic E-state index is -0.247. The molecule has 4 aromatic rings. The minimum absolute atomic E-state index is 0.0598. The van der Waals surface area contributed by atoms with Crippen LogP contribution in [0.15, 0.2) is 59.1 Å². The number of nitrogens with zero attached hydrogens (tertiary/aromatic N) is 4. The highest BCUT2D eigenvalue weighted by Gasteiger charge is 2.23. The fraction of sp³-hybridized carbons (Fsp3) is 0.182. The van der Waals surface area contributed by atoms with Crippen LogP contribution in [-0.2, 0) is 17.8 Å². The monoisotopic (exact) mass is 417 g/mol. The molecule has 2 aromatic carbocycles. The summed E-state index contributed by atoms with van der Waals surface area (Å²) in [5, 5.41) is 14.2. The molecule has 158 valence electrons. The molecule has 0 fully saturated rings. The Labute approximate surface area is 179 Å². The van der Waals surface area contributed by atoms with Gasteiger partial charge in [0.15, 0.2) is 5.82 Å². The molecule has 0 radical (unpaired) electrons. The number of aromatic nitrogens is 4. The number of nitrogen functional groups attached to an aromatic ring is 1. The molecule has 4 N–H and O–H groups in total. The fourth-order valence-electron chi connectivity index (χ4n) is 3.17. The summed E-state index contributed by atoms with van der Waals surface area (Å²) in [5.41, 5.74) is 9.49. The van der Waals surface area contributed by atoms with Crippen LogP contribution < -0.4 is 16.4 Å². The molecule has 2 aromatic heterocycles. The molecule has 31 heavy (non-hydrogen) atoms. The summed E-state index contributed by atoms with van der Waals surface area (Å²) < 4.78 is 6.84. The van der Waals surface area contributed by atoms with Gasteiger partial charge in [-0.05, 0) is 24.1 Å². The predicted molar refractivity (Wildman–Crippen MR) is 119 cm³/mol. The van der Waals surface area contributed by atoms with Crippen molar-refractivity contribution in [1.82, 2.24) is 19.9 Å². The third kappa shape index (κ3) is 4.25. The number of carbonyl (C=O) groups is 1. The number of nitrogens with two attached hydrogens (primary N) is 1. The quantitative estimate of drug-likeness (QED) is 0.421. The molecule has 0 saturated heterocycles. The van der Waals surface area contributed by atoms with Crippen LogP contribution in [0.4, 0.5) is 17.3 Å². The van der Waals surface area contributed by atoms with Gasteiger partial charge in [-0.2, -0.15) is 10.1 Å². The van der Waals surface area contributed by atoms with Gasteiger partial charge < -0.3 is 20.9 Å². The number of rotatable bonds is 7. The summed E-state index contributed by atoms with van der Waals surface area (Å²) in [6, 6.07) is 17.2. The normalized spacial score (nSPS) is 10.8. The van der Waals surface area contributed by atoms with Gasteiger partial charge in [-0.25, -0.2) is 4.68 Å². The number of hydrogen-bond donors (Lipinski definition) is 3. The number of carbonyl (C=O) groups excluding carboxylic acids is 1. The number of hydrogen-bond acceptors (Lipinski definition) is 7. The molecule has 0 aliphatic heterocycles. The molecule has 4 rings (SSSR count). The fourth-order valence-corrected chi connectivity index (χ4v) is 3.17. The van der Waals surface area contributed by atoms with E-state index in [4.69, 9.17) is 10.3 Å². The van der Waals surface area contributed by atoms with E-state index < -0.39 is 0 Å². The summed E-state index contributed by atoms with van der Waals surface area (Å²) in [5.74, 6) is 1.12. The third-order valence-electron chi connectivity index (χ3n) is 4.84. The van der Waals surface area contributed by atoms with Gasteiger partial charge in [0.05, 0.1) is 0 Å². The maximum Gasteiger partial charge on any atom is 0.265 e. The summed E-state index contributed by atoms with van der Waals surface area (Å²) in [6.07, 6.45) is 0.940. The molecule has 0 aliphatic rings. The lowest BCUT2D eigenvalue weighted by atomic mass is 10.1. The molecule has 1 amide bonds. The first-order valence-electron chi connectivity index (χ1n) is 9.91. The van der Waals surface area contributed by atoms with Crippen molar-refractivity contribution in [2.45, 2.75) is 19.9 Å². The number of benzene rings is 2. The second kappa shape index (κ2) is 8.70. The molecule has 0 unspecified atom stereocenters. The Balaban J connectivity index is 1.55. The van der Waals surface area contributed by atoms with E-state index in [2.05, 4.69) is 32.8 Å². The van der Waals surface area contributed by atoms with Crippen LogP contribution in [0.25, 0.3) is 22.8 Å². The van der Waals surface area contributed by atoms with Crippen molar-refractivity contribution < 1.29 is 9.32 Å². The van der Waals surface area contributed by atoms with E-state index in [0.29, 0.717) is 22.9 Å². The van der Waals surface area contributed by atoms with Crippen LogP contribution in [0, 0.1) is 0 Å². The first kappa shape index (κ1) is 20.1. The Morgan fingerprint density at radius 2 is 1.87 bits per heavy atom. The Bertz CT molecular complexity index is 1180. The molecule has 0 spiro atoms. The summed E-state index contributed by atoms with van der Waals surface area (Å²) in [4.78, 5) is 17.0. The molecular weight excluding hydrogens is 394 g/mol. The van der Waals surface area contributed by atoms with E-state index in [-0.39, 0.29) is 24.2 Å². The zero-order valence-corrected chi connectivity index (χ0v) is 17.3. The average molecular weight is 417 g/mol. The van der Waals surface area contributed by atoms with Gasteiger partial charge in [-0.3, -0.25) is 4.79 Å². The molecule has 9 heteroatoms. The van der Waals surface area contributed by atoms with E-state index in [0.717, 1.165) is 12.0 Å². The highest BCUT2D eigenvalue weighted by molar-refractivity contribution is 5.91. The Kier molecular flexibility index (Phi) is 5.65. The topological polar surface area (TPSA) is 124 Å². The van der Waals surface area contributed by atoms with Gasteiger partial charge in [0.1, 0.15) is 17.9 Å². The number of anilines is 3. The van der Waals surface area contributed by atoms with Crippen LogP contribution >= 0.6 is 0 Å². The number of amides is 1. The molecular formula is C22H23N7O2. The standard InChI is InChI=1S/C22H23N7O2/c1-3-14-9-11-16(12-10-14)25-17(30)13-29-19(23)18(21(24-2)27-29)22-26-20(28-31-22)15-7-5-4-6-8-15/h4-12H,3,13,23H2,1-2H3,(H,24,27)(H,25,30). The van der Waals surface area contributed by atoms with E-state index >= 15 is 0 Å². The van der Waals surface area contributed by atoms with E-state index in [1.807, 2.05) is 54.6 Å². The Morgan fingerprint density at radius 3 is 2.55 bits per heavy atom. The third-order valence-corrected chi connectivity index (χ3v) is 4.84. The van der Waals surface area contributed by atoms with Crippen LogP contribution in [0.5, 0.6) is 0 Å². The highest BCUT2D eigenvalue weighted by atomic mass is 16.5. The van der Waals surface area contributed by atoms with Crippen molar-refractivity contribution in [3.63, 3.8) is 0 Å². The van der Waals surface area contributed by atoms with Gasteiger partial charge in [0.25, 0.3) is 5.89 Å². The van der Waals surface area contributed by atoms with Gasteiger partial charge in [-0.1, -0.05) is 54.5 Å². The molecule has 0 aliphatic carbocycles. The summed E-state index contributed by atoms with van der Waals surface area (Å²) in [7, 11) is 1.71. The number of nitrogens with one attached hydrogen (secondary N) is 2. The van der Waals surface area contributed by atoms with Gasteiger partial charge >= 0.3 is 0 Å². The maximum atomic E-state index is 12.5. The zero-order valence-electron chi connectivity index (χ0n) is 17.3. The van der Waals surface area contributed by atoms with E-state index in [9.17, 15) is 4.79 Å². The van der Waals surface area contributed by atoms with Crippen molar-refractivity contribution in [1.29, 1.82) is 0 Å². The lowest BCUT2D eigenvalue weighted by molar-refractivity contribution is -0.116.